The second-order valence-corrected chi connectivity index (χ2v) is 4.55. The highest BCUT2D eigenvalue weighted by Crippen LogP contribution is 2.28. The number of nitro benzene ring substituents is 1. The van der Waals surface area contributed by atoms with Gasteiger partial charge in [-0.3, -0.25) is 10.1 Å². The van der Waals surface area contributed by atoms with E-state index in [2.05, 4.69) is 11.4 Å². The maximum atomic E-state index is 10.6. The first-order valence-corrected chi connectivity index (χ1v) is 6.66. The molecular weight excluding hydrogens is 282 g/mol. The molecule has 1 unspecified atom stereocenters. The Labute approximate surface area is 122 Å². The molecule has 1 N–H and O–H groups in total. The lowest BCUT2D eigenvalue weighted by molar-refractivity contribution is -0.384. The van der Waals surface area contributed by atoms with Crippen molar-refractivity contribution in [3.63, 3.8) is 0 Å². The fourth-order valence-electron chi connectivity index (χ4n) is 1.55. The number of hydrogen-bond acceptors (Lipinski definition) is 5. The summed E-state index contributed by atoms with van der Waals surface area (Å²) >= 11 is 5.78. The van der Waals surface area contributed by atoms with Crippen LogP contribution in [-0.4, -0.2) is 24.1 Å². The Bertz CT molecular complexity index is 502. The normalized spacial score (nSPS) is 11.7. The molecule has 1 aromatic rings. The van der Waals surface area contributed by atoms with E-state index in [9.17, 15) is 10.1 Å². The third kappa shape index (κ3) is 5.03. The maximum absolute atomic E-state index is 10.6. The summed E-state index contributed by atoms with van der Waals surface area (Å²) in [4.78, 5) is 10.1. The van der Waals surface area contributed by atoms with Crippen molar-refractivity contribution in [1.82, 2.24) is 5.32 Å². The first-order chi connectivity index (χ1) is 9.58. The predicted molar refractivity (Wildman–Crippen MR) is 75.9 cm³/mol. The number of benzene rings is 1. The molecule has 0 aliphatic rings. The fourth-order valence-corrected chi connectivity index (χ4v) is 1.79. The lowest BCUT2D eigenvalue weighted by Gasteiger charge is -2.11. The number of rotatable bonds is 8. The molecular formula is C13H16ClN3O3. The van der Waals surface area contributed by atoms with E-state index in [4.69, 9.17) is 21.6 Å². The molecule has 0 aliphatic carbocycles. The third-order valence-electron chi connectivity index (χ3n) is 2.59. The molecule has 0 amide bonds. The minimum atomic E-state index is -0.549. The van der Waals surface area contributed by atoms with Crippen molar-refractivity contribution in [3.8, 4) is 11.8 Å². The minimum absolute atomic E-state index is 0.0356. The summed E-state index contributed by atoms with van der Waals surface area (Å²) in [5, 5.41) is 22.7. The lowest BCUT2D eigenvalue weighted by Crippen LogP contribution is -2.29. The smallest absolute Gasteiger partial charge is 0.288 e. The van der Waals surface area contributed by atoms with Crippen molar-refractivity contribution in [2.45, 2.75) is 25.8 Å². The Kier molecular flexibility index (Phi) is 6.77. The Balaban J connectivity index is 2.48. The highest BCUT2D eigenvalue weighted by molar-refractivity contribution is 6.32. The van der Waals surface area contributed by atoms with Gasteiger partial charge in [0, 0.05) is 18.6 Å². The van der Waals surface area contributed by atoms with Crippen LogP contribution in [0.5, 0.6) is 5.75 Å². The molecule has 1 atom stereocenters. The van der Waals surface area contributed by atoms with Crippen LogP contribution in [-0.2, 0) is 0 Å². The fraction of sp³-hybridized carbons (Fsp3) is 0.462. The van der Waals surface area contributed by atoms with E-state index in [1.165, 1.54) is 18.2 Å². The zero-order valence-corrected chi connectivity index (χ0v) is 11.9. The predicted octanol–water partition coefficient (Wildman–Crippen LogP) is 2.91. The molecule has 0 saturated carbocycles. The summed E-state index contributed by atoms with van der Waals surface area (Å²) in [6.45, 7) is 3.14. The van der Waals surface area contributed by atoms with Crippen molar-refractivity contribution in [3.05, 3.63) is 33.3 Å². The molecule has 1 rings (SSSR count). The van der Waals surface area contributed by atoms with Crippen LogP contribution >= 0.6 is 11.6 Å². The van der Waals surface area contributed by atoms with Gasteiger partial charge in [0.2, 0.25) is 0 Å². The van der Waals surface area contributed by atoms with E-state index in [1.807, 2.05) is 6.92 Å². The van der Waals surface area contributed by atoms with Crippen LogP contribution in [0.3, 0.4) is 0 Å². The minimum Gasteiger partial charge on any atom is -0.493 e. The van der Waals surface area contributed by atoms with Crippen LogP contribution in [0.4, 0.5) is 5.69 Å². The molecule has 0 radical (unpaired) electrons. The van der Waals surface area contributed by atoms with Crippen molar-refractivity contribution >= 4 is 17.3 Å². The standard InChI is InChI=1S/C13H16ClN3O3/c1-2-6-16-10(9-15)5-7-20-11-3-4-13(17(18)19)12(14)8-11/h3-4,8,10,16H,2,5-7H2,1H3. The Morgan fingerprint density at radius 1 is 1.60 bits per heavy atom. The van der Waals surface area contributed by atoms with E-state index in [0.717, 1.165) is 13.0 Å². The first-order valence-electron chi connectivity index (χ1n) is 6.28. The summed E-state index contributed by atoms with van der Waals surface area (Å²) in [6, 6.07) is 6.09. The Morgan fingerprint density at radius 3 is 2.90 bits per heavy atom. The quantitative estimate of drug-likeness (QED) is 0.588. The van der Waals surface area contributed by atoms with Crippen LogP contribution in [0.1, 0.15) is 19.8 Å². The number of nitrogens with zero attached hydrogens (tertiary/aromatic N) is 2. The summed E-state index contributed by atoms with van der Waals surface area (Å²) in [5.74, 6) is 0.452. The molecule has 0 aliphatic heterocycles. The van der Waals surface area contributed by atoms with E-state index in [-0.39, 0.29) is 16.8 Å². The third-order valence-corrected chi connectivity index (χ3v) is 2.89. The van der Waals surface area contributed by atoms with Crippen LogP contribution in [0, 0.1) is 21.4 Å². The van der Waals surface area contributed by atoms with Gasteiger partial charge < -0.3 is 10.1 Å². The van der Waals surface area contributed by atoms with Gasteiger partial charge in [-0.05, 0) is 19.0 Å². The Morgan fingerprint density at radius 2 is 2.35 bits per heavy atom. The second-order valence-electron chi connectivity index (χ2n) is 4.14. The summed E-state index contributed by atoms with van der Waals surface area (Å²) in [5.41, 5.74) is -0.154. The maximum Gasteiger partial charge on any atom is 0.288 e. The zero-order valence-electron chi connectivity index (χ0n) is 11.1. The topological polar surface area (TPSA) is 88.2 Å². The van der Waals surface area contributed by atoms with Crippen LogP contribution in [0.2, 0.25) is 5.02 Å². The summed E-state index contributed by atoms with van der Waals surface area (Å²) in [6.07, 6.45) is 1.49. The molecule has 0 heterocycles. The number of nitro groups is 1. The summed E-state index contributed by atoms with van der Waals surface area (Å²) < 4.78 is 5.44. The van der Waals surface area contributed by atoms with Crippen LogP contribution in [0.15, 0.2) is 18.2 Å². The molecule has 108 valence electrons. The van der Waals surface area contributed by atoms with E-state index >= 15 is 0 Å². The number of hydrogen-bond donors (Lipinski definition) is 1. The molecule has 0 saturated heterocycles. The van der Waals surface area contributed by atoms with Crippen LogP contribution < -0.4 is 10.1 Å². The number of halogens is 1. The zero-order chi connectivity index (χ0) is 15.0. The molecule has 0 bridgehead atoms. The molecule has 1 aromatic carbocycles. The van der Waals surface area contributed by atoms with Crippen molar-refractivity contribution in [2.75, 3.05) is 13.2 Å². The van der Waals surface area contributed by atoms with Gasteiger partial charge in [0.1, 0.15) is 10.8 Å². The molecule has 20 heavy (non-hydrogen) atoms. The highest BCUT2D eigenvalue weighted by Gasteiger charge is 2.13. The van der Waals surface area contributed by atoms with Gasteiger partial charge in [-0.1, -0.05) is 18.5 Å². The number of ether oxygens (including phenoxy) is 1. The summed E-state index contributed by atoms with van der Waals surface area (Å²) in [7, 11) is 0. The molecule has 0 fully saturated rings. The molecule has 0 spiro atoms. The van der Waals surface area contributed by atoms with E-state index < -0.39 is 4.92 Å². The van der Waals surface area contributed by atoms with Crippen LogP contribution in [0.25, 0.3) is 0 Å². The van der Waals surface area contributed by atoms with Crippen molar-refractivity contribution in [2.24, 2.45) is 0 Å². The molecule has 0 aromatic heterocycles. The van der Waals surface area contributed by atoms with E-state index in [0.29, 0.717) is 18.8 Å². The van der Waals surface area contributed by atoms with Gasteiger partial charge in [-0.15, -0.1) is 0 Å². The van der Waals surface area contributed by atoms with Gasteiger partial charge in [0.05, 0.1) is 23.6 Å². The SMILES string of the molecule is CCCNC(C#N)CCOc1ccc([N+](=O)[O-])c(Cl)c1. The Hall–Kier alpha value is -1.84. The largest absolute Gasteiger partial charge is 0.493 e. The molecule has 7 heteroatoms. The monoisotopic (exact) mass is 297 g/mol. The van der Waals surface area contributed by atoms with Gasteiger partial charge in [0.25, 0.3) is 5.69 Å². The van der Waals surface area contributed by atoms with Gasteiger partial charge in [-0.2, -0.15) is 5.26 Å². The first kappa shape index (κ1) is 16.2. The molecule has 6 nitrogen and oxygen atoms in total. The number of nitriles is 1. The average molecular weight is 298 g/mol. The van der Waals surface area contributed by atoms with Crippen molar-refractivity contribution < 1.29 is 9.66 Å². The second kappa shape index (κ2) is 8.35. The van der Waals surface area contributed by atoms with Gasteiger partial charge in [0.15, 0.2) is 0 Å². The van der Waals surface area contributed by atoms with Crippen molar-refractivity contribution in [1.29, 1.82) is 5.26 Å². The highest BCUT2D eigenvalue weighted by atomic mass is 35.5. The average Bonchev–Trinajstić information content (AvgIpc) is 2.42. The lowest BCUT2D eigenvalue weighted by atomic mass is 10.2. The van der Waals surface area contributed by atoms with Gasteiger partial charge in [-0.25, -0.2) is 0 Å². The van der Waals surface area contributed by atoms with Gasteiger partial charge >= 0.3 is 0 Å². The van der Waals surface area contributed by atoms with E-state index in [1.54, 1.807) is 0 Å². The number of nitrogens with one attached hydrogen (secondary N) is 1.